The van der Waals surface area contributed by atoms with Gasteiger partial charge in [0.05, 0.1) is 6.54 Å². The molecule has 0 bridgehead atoms. The SMILES string of the molecule is NC1CCCc2c1ccc(=O)n2Cc1cc(Br)cs1. The van der Waals surface area contributed by atoms with Gasteiger partial charge in [-0.2, -0.15) is 0 Å². The number of hydrogen-bond donors (Lipinski definition) is 1. The molecule has 3 nitrogen and oxygen atoms in total. The van der Waals surface area contributed by atoms with E-state index < -0.39 is 0 Å². The second-order valence-electron chi connectivity index (χ2n) is 4.89. The summed E-state index contributed by atoms with van der Waals surface area (Å²) >= 11 is 5.12. The van der Waals surface area contributed by atoms with Crippen molar-refractivity contribution in [2.75, 3.05) is 0 Å². The first-order valence-electron chi connectivity index (χ1n) is 6.36. The Balaban J connectivity index is 2.05. The third kappa shape index (κ3) is 2.55. The third-order valence-corrected chi connectivity index (χ3v) is 5.28. The van der Waals surface area contributed by atoms with Gasteiger partial charge in [-0.05, 0) is 46.8 Å². The average Bonchev–Trinajstić information content (AvgIpc) is 2.79. The van der Waals surface area contributed by atoms with Crippen LogP contribution in [0.4, 0.5) is 0 Å². The van der Waals surface area contributed by atoms with Crippen molar-refractivity contribution in [1.29, 1.82) is 0 Å². The Morgan fingerprint density at radius 3 is 3.05 bits per heavy atom. The Hall–Kier alpha value is -0.910. The lowest BCUT2D eigenvalue weighted by molar-refractivity contribution is 0.530. The summed E-state index contributed by atoms with van der Waals surface area (Å²) in [5.41, 5.74) is 8.47. The maximum absolute atomic E-state index is 12.1. The van der Waals surface area contributed by atoms with E-state index in [1.807, 2.05) is 16.0 Å². The van der Waals surface area contributed by atoms with E-state index in [1.165, 1.54) is 4.88 Å². The molecule has 2 aromatic rings. The van der Waals surface area contributed by atoms with Crippen LogP contribution in [0.2, 0.25) is 0 Å². The number of nitrogens with two attached hydrogens (primary N) is 1. The molecule has 2 aromatic heterocycles. The molecule has 1 atom stereocenters. The topological polar surface area (TPSA) is 48.0 Å². The minimum atomic E-state index is 0.0670. The molecule has 2 N–H and O–H groups in total. The first kappa shape index (κ1) is 13.1. The van der Waals surface area contributed by atoms with Crippen molar-refractivity contribution >= 4 is 27.3 Å². The number of pyridine rings is 1. The van der Waals surface area contributed by atoms with Crippen LogP contribution < -0.4 is 11.3 Å². The summed E-state index contributed by atoms with van der Waals surface area (Å²) in [4.78, 5) is 13.3. The van der Waals surface area contributed by atoms with Crippen molar-refractivity contribution in [1.82, 2.24) is 4.57 Å². The van der Waals surface area contributed by atoms with Gasteiger partial charge in [-0.15, -0.1) is 11.3 Å². The monoisotopic (exact) mass is 338 g/mol. The molecule has 1 unspecified atom stereocenters. The molecule has 100 valence electrons. The fourth-order valence-corrected chi connectivity index (χ4v) is 4.10. The highest BCUT2D eigenvalue weighted by Gasteiger charge is 2.20. The highest BCUT2D eigenvalue weighted by Crippen LogP contribution is 2.28. The van der Waals surface area contributed by atoms with E-state index in [0.29, 0.717) is 6.54 Å². The Bertz CT molecular complexity index is 662. The molecule has 0 amide bonds. The van der Waals surface area contributed by atoms with Crippen LogP contribution in [-0.2, 0) is 13.0 Å². The standard InChI is InChI=1S/C14H15BrN2OS/c15-9-6-10(19-8-9)7-17-13-3-1-2-12(16)11(13)4-5-14(17)18/h4-6,8,12H,1-3,7,16H2. The van der Waals surface area contributed by atoms with Gasteiger partial charge in [0.2, 0.25) is 0 Å². The molecule has 0 saturated carbocycles. The lowest BCUT2D eigenvalue weighted by atomic mass is 9.91. The van der Waals surface area contributed by atoms with Gasteiger partial charge in [0.15, 0.2) is 0 Å². The minimum absolute atomic E-state index is 0.0670. The Kier molecular flexibility index (Phi) is 3.60. The number of hydrogen-bond acceptors (Lipinski definition) is 3. The lowest BCUT2D eigenvalue weighted by Crippen LogP contribution is -2.29. The summed E-state index contributed by atoms with van der Waals surface area (Å²) in [5.74, 6) is 0. The molecule has 19 heavy (non-hydrogen) atoms. The van der Waals surface area contributed by atoms with Crippen molar-refractivity contribution in [2.45, 2.75) is 31.8 Å². The Labute approximate surface area is 124 Å². The molecule has 0 aromatic carbocycles. The van der Waals surface area contributed by atoms with Crippen molar-refractivity contribution in [3.05, 3.63) is 54.5 Å². The third-order valence-electron chi connectivity index (χ3n) is 3.59. The minimum Gasteiger partial charge on any atom is -0.324 e. The second kappa shape index (κ2) is 5.23. The molecule has 0 saturated heterocycles. The van der Waals surface area contributed by atoms with Gasteiger partial charge in [0.25, 0.3) is 5.56 Å². The Morgan fingerprint density at radius 1 is 1.47 bits per heavy atom. The van der Waals surface area contributed by atoms with Crippen LogP contribution in [0.25, 0.3) is 0 Å². The number of nitrogens with zero attached hydrogens (tertiary/aromatic N) is 1. The van der Waals surface area contributed by atoms with Gasteiger partial charge >= 0.3 is 0 Å². The number of aromatic nitrogens is 1. The molecule has 0 fully saturated rings. The van der Waals surface area contributed by atoms with E-state index in [1.54, 1.807) is 17.4 Å². The number of thiophene rings is 1. The zero-order valence-corrected chi connectivity index (χ0v) is 12.8. The molecule has 5 heteroatoms. The lowest BCUT2D eigenvalue weighted by Gasteiger charge is -2.25. The average molecular weight is 339 g/mol. The van der Waals surface area contributed by atoms with Gasteiger partial charge in [-0.25, -0.2) is 0 Å². The first-order chi connectivity index (χ1) is 9.15. The van der Waals surface area contributed by atoms with E-state index in [4.69, 9.17) is 5.73 Å². The van der Waals surface area contributed by atoms with Gasteiger partial charge in [0.1, 0.15) is 0 Å². The fraction of sp³-hybridized carbons (Fsp3) is 0.357. The van der Waals surface area contributed by atoms with Crippen LogP contribution in [0.3, 0.4) is 0 Å². The highest BCUT2D eigenvalue weighted by molar-refractivity contribution is 9.10. The second-order valence-corrected chi connectivity index (χ2v) is 6.80. The fourth-order valence-electron chi connectivity index (χ4n) is 2.66. The van der Waals surface area contributed by atoms with Crippen molar-refractivity contribution in [3.8, 4) is 0 Å². The molecule has 1 aliphatic rings. The first-order valence-corrected chi connectivity index (χ1v) is 8.03. The zero-order chi connectivity index (χ0) is 13.4. The smallest absolute Gasteiger partial charge is 0.251 e. The molecule has 1 aliphatic carbocycles. The number of fused-ring (bicyclic) bond motifs is 1. The predicted octanol–water partition coefficient (Wildman–Crippen LogP) is 3.06. The van der Waals surface area contributed by atoms with Crippen LogP contribution >= 0.6 is 27.3 Å². The van der Waals surface area contributed by atoms with Gasteiger partial charge < -0.3 is 10.3 Å². The van der Waals surface area contributed by atoms with E-state index in [0.717, 1.165) is 35.0 Å². The van der Waals surface area contributed by atoms with E-state index in [9.17, 15) is 4.79 Å². The zero-order valence-electron chi connectivity index (χ0n) is 10.4. The summed E-state index contributed by atoms with van der Waals surface area (Å²) < 4.78 is 2.95. The van der Waals surface area contributed by atoms with Crippen LogP contribution in [0.5, 0.6) is 0 Å². The molecule has 0 spiro atoms. The van der Waals surface area contributed by atoms with Gasteiger partial charge in [-0.3, -0.25) is 4.79 Å². The molecule has 3 rings (SSSR count). The van der Waals surface area contributed by atoms with Crippen molar-refractivity contribution in [3.63, 3.8) is 0 Å². The summed E-state index contributed by atoms with van der Waals surface area (Å²) in [6.07, 6.45) is 3.02. The van der Waals surface area contributed by atoms with Crippen LogP contribution in [0, 0.1) is 0 Å². The summed E-state index contributed by atoms with van der Waals surface area (Å²) in [6, 6.07) is 5.69. The highest BCUT2D eigenvalue weighted by atomic mass is 79.9. The molecule has 2 heterocycles. The van der Waals surface area contributed by atoms with Crippen LogP contribution in [-0.4, -0.2) is 4.57 Å². The van der Waals surface area contributed by atoms with Gasteiger partial charge in [0, 0.05) is 32.5 Å². The van der Waals surface area contributed by atoms with Gasteiger partial charge in [-0.1, -0.05) is 6.07 Å². The maximum Gasteiger partial charge on any atom is 0.251 e. The molecular weight excluding hydrogens is 324 g/mol. The molecular formula is C14H15BrN2OS. The maximum atomic E-state index is 12.1. The van der Waals surface area contributed by atoms with E-state index in [2.05, 4.69) is 22.0 Å². The molecule has 0 aliphatic heterocycles. The number of halogens is 1. The molecule has 0 radical (unpaired) electrons. The van der Waals surface area contributed by atoms with E-state index >= 15 is 0 Å². The summed E-state index contributed by atoms with van der Waals surface area (Å²) in [7, 11) is 0. The quantitative estimate of drug-likeness (QED) is 0.914. The van der Waals surface area contributed by atoms with Crippen LogP contribution in [0.15, 0.2) is 32.8 Å². The van der Waals surface area contributed by atoms with E-state index in [-0.39, 0.29) is 11.6 Å². The summed E-state index contributed by atoms with van der Waals surface area (Å²) in [5, 5.41) is 2.04. The summed E-state index contributed by atoms with van der Waals surface area (Å²) in [6.45, 7) is 0.644. The van der Waals surface area contributed by atoms with Crippen molar-refractivity contribution < 1.29 is 0 Å². The predicted molar refractivity (Wildman–Crippen MR) is 81.7 cm³/mol. The Morgan fingerprint density at radius 2 is 2.32 bits per heavy atom. The number of rotatable bonds is 2. The van der Waals surface area contributed by atoms with Crippen molar-refractivity contribution in [2.24, 2.45) is 5.73 Å². The largest absolute Gasteiger partial charge is 0.324 e. The van der Waals surface area contributed by atoms with Crippen LogP contribution in [0.1, 0.15) is 35.0 Å². The normalized spacial score (nSPS) is 18.3.